The van der Waals surface area contributed by atoms with Gasteiger partial charge in [-0.3, -0.25) is 4.79 Å². The summed E-state index contributed by atoms with van der Waals surface area (Å²) < 4.78 is 4.96. The summed E-state index contributed by atoms with van der Waals surface area (Å²) in [5.74, 6) is -0.954. The van der Waals surface area contributed by atoms with Crippen LogP contribution in [0.4, 0.5) is 0 Å². The van der Waals surface area contributed by atoms with Crippen molar-refractivity contribution < 1.29 is 44.7 Å². The van der Waals surface area contributed by atoms with Gasteiger partial charge in [-0.15, -0.1) is 20.2 Å². The number of rotatable bonds is 19. The van der Waals surface area contributed by atoms with Gasteiger partial charge in [0.2, 0.25) is 0 Å². The Morgan fingerprint density at radius 3 is 2.28 bits per heavy atom. The molecule has 0 aromatic heterocycles. The number of esters is 1. The first-order valence-corrected chi connectivity index (χ1v) is 13.1. The molecule has 0 spiro atoms. The number of carbonyl (C=O) groups excluding carboxylic acids is 1. The molecule has 0 heterocycles. The Balaban J connectivity index is 1.70. The highest BCUT2D eigenvalue weighted by atomic mass is 17.0. The zero-order valence-electron chi connectivity index (χ0n) is 21.8. The summed E-state index contributed by atoms with van der Waals surface area (Å²) in [4.78, 5) is 40.8. The van der Waals surface area contributed by atoms with Crippen LogP contribution in [0.1, 0.15) is 56.9 Å². The molecule has 5 unspecified atom stereocenters. The Kier molecular flexibility index (Phi) is 14.2. The van der Waals surface area contributed by atoms with Crippen molar-refractivity contribution in [1.29, 1.82) is 0 Å². The third-order valence-electron chi connectivity index (χ3n) is 6.82. The third-order valence-corrected chi connectivity index (χ3v) is 6.82. The molecule has 2 rings (SSSR count). The molecule has 0 radical (unpaired) electrons. The molecule has 0 amide bonds. The summed E-state index contributed by atoms with van der Waals surface area (Å²) in [5.41, 5.74) is 1.16. The maximum absolute atomic E-state index is 12.0. The highest BCUT2D eigenvalue weighted by molar-refractivity contribution is 5.69. The van der Waals surface area contributed by atoms with Gasteiger partial charge >= 0.3 is 5.97 Å². The number of nitrogens with zero attached hydrogens (tertiary/aromatic N) is 2. The first kappa shape index (κ1) is 31.9. The molecule has 5 atom stereocenters. The maximum atomic E-state index is 12.0. The van der Waals surface area contributed by atoms with E-state index in [9.17, 15) is 40.3 Å². The molecular weight excluding hydrogens is 516 g/mol. The van der Waals surface area contributed by atoms with Crippen LogP contribution >= 0.6 is 0 Å². The van der Waals surface area contributed by atoms with Gasteiger partial charge < -0.3 is 29.7 Å². The molecule has 1 fully saturated rings. The Morgan fingerprint density at radius 2 is 1.64 bits per heavy atom. The molecule has 1 aromatic rings. The maximum Gasteiger partial charge on any atom is 0.306 e. The van der Waals surface area contributed by atoms with Gasteiger partial charge in [0.05, 0.1) is 18.3 Å². The van der Waals surface area contributed by atoms with Crippen LogP contribution in [0.2, 0.25) is 0 Å². The summed E-state index contributed by atoms with van der Waals surface area (Å²) >= 11 is 0. The molecule has 1 aliphatic rings. The second kappa shape index (κ2) is 17.3. The van der Waals surface area contributed by atoms with Crippen LogP contribution < -0.4 is 0 Å². The molecule has 218 valence electrons. The number of allylic oxidation sites excluding steroid dienone is 2. The van der Waals surface area contributed by atoms with E-state index in [1.807, 2.05) is 42.5 Å². The molecule has 1 saturated carbocycles. The fraction of sp³-hybridized carbons (Fsp3) is 0.654. The highest BCUT2D eigenvalue weighted by Crippen LogP contribution is 2.38. The number of hydrogen-bond acceptors (Lipinski definition) is 11. The van der Waals surface area contributed by atoms with E-state index in [-0.39, 0.29) is 18.3 Å². The van der Waals surface area contributed by atoms with Gasteiger partial charge in [0.15, 0.2) is 0 Å². The largest absolute Gasteiger partial charge is 0.458 e. The average Bonchev–Trinajstić information content (AvgIpc) is 3.17. The number of ether oxygens (including phenoxy) is 1. The van der Waals surface area contributed by atoms with E-state index in [1.54, 1.807) is 0 Å². The molecule has 3 N–H and O–H groups in total. The van der Waals surface area contributed by atoms with Crippen LogP contribution in [0, 0.1) is 32.1 Å². The SMILES string of the molecule is O=C(CCCC=CCC1C(O)CC(O)C1CCC(O)CCc1ccccc1)OC(CO[N+](=O)[O-])CO[N+](=O)[O-]. The van der Waals surface area contributed by atoms with Crippen LogP contribution in [0.3, 0.4) is 0 Å². The first-order chi connectivity index (χ1) is 18.7. The lowest BCUT2D eigenvalue weighted by molar-refractivity contribution is -0.768. The van der Waals surface area contributed by atoms with Crippen molar-refractivity contribution in [2.75, 3.05) is 13.2 Å². The molecule has 0 bridgehead atoms. The van der Waals surface area contributed by atoms with E-state index in [0.29, 0.717) is 44.9 Å². The predicted octanol–water partition coefficient (Wildman–Crippen LogP) is 2.56. The van der Waals surface area contributed by atoms with Crippen LogP contribution in [0.25, 0.3) is 0 Å². The van der Waals surface area contributed by atoms with Gasteiger partial charge in [0, 0.05) is 6.42 Å². The molecule has 1 aromatic carbocycles. The number of aliphatic hydroxyl groups is 3. The Labute approximate surface area is 226 Å². The number of benzene rings is 1. The van der Waals surface area contributed by atoms with Crippen LogP contribution in [0.15, 0.2) is 42.5 Å². The van der Waals surface area contributed by atoms with Gasteiger partial charge in [-0.2, -0.15) is 0 Å². The number of aryl methyl sites for hydroxylation is 1. The lowest BCUT2D eigenvalue weighted by atomic mass is 9.85. The van der Waals surface area contributed by atoms with Crippen molar-refractivity contribution in [3.05, 3.63) is 68.3 Å². The van der Waals surface area contributed by atoms with Gasteiger partial charge in [-0.1, -0.05) is 42.5 Å². The summed E-state index contributed by atoms with van der Waals surface area (Å²) in [7, 11) is 0. The Bertz CT molecular complexity index is 896. The van der Waals surface area contributed by atoms with Crippen molar-refractivity contribution >= 4 is 5.97 Å². The minimum Gasteiger partial charge on any atom is -0.458 e. The Hall–Kier alpha value is -3.29. The summed E-state index contributed by atoms with van der Waals surface area (Å²) in [6.07, 6.45) is 5.04. The molecular formula is C26H38N2O11. The summed E-state index contributed by atoms with van der Waals surface area (Å²) in [5, 5.41) is 49.7. The monoisotopic (exact) mass is 554 g/mol. The van der Waals surface area contributed by atoms with E-state index >= 15 is 0 Å². The standard InChI is InChI=1S/C26H38N2O11/c29-20(13-12-19-8-4-3-5-9-19)14-15-23-22(24(30)16-25(23)31)10-6-1-2-7-11-26(32)39-21(17-37-27(33)34)18-38-28(35)36/h1,3-6,8-9,20-25,29-31H,2,7,10-18H2. The second-order valence-corrected chi connectivity index (χ2v) is 9.70. The fourth-order valence-electron chi connectivity index (χ4n) is 4.80. The predicted molar refractivity (Wildman–Crippen MR) is 137 cm³/mol. The molecule has 1 aliphatic carbocycles. The van der Waals surface area contributed by atoms with Crippen molar-refractivity contribution in [3.8, 4) is 0 Å². The molecule has 13 heteroatoms. The van der Waals surface area contributed by atoms with E-state index < -0.39 is 53.8 Å². The van der Waals surface area contributed by atoms with Crippen molar-refractivity contribution in [2.24, 2.45) is 11.8 Å². The summed E-state index contributed by atoms with van der Waals surface area (Å²) in [6.45, 7) is -1.37. The molecule has 0 saturated heterocycles. The minimum absolute atomic E-state index is 0.0218. The van der Waals surface area contributed by atoms with Crippen molar-refractivity contribution in [3.63, 3.8) is 0 Å². The topological polar surface area (TPSA) is 192 Å². The molecule has 13 nitrogen and oxygen atoms in total. The van der Waals surface area contributed by atoms with Crippen molar-refractivity contribution in [1.82, 2.24) is 0 Å². The first-order valence-electron chi connectivity index (χ1n) is 13.1. The molecule has 39 heavy (non-hydrogen) atoms. The fourth-order valence-corrected chi connectivity index (χ4v) is 4.80. The van der Waals surface area contributed by atoms with E-state index in [0.717, 1.165) is 12.0 Å². The lowest BCUT2D eigenvalue weighted by Gasteiger charge is -2.23. The van der Waals surface area contributed by atoms with Gasteiger partial charge in [0.25, 0.3) is 10.2 Å². The van der Waals surface area contributed by atoms with E-state index in [4.69, 9.17) is 4.74 Å². The zero-order valence-corrected chi connectivity index (χ0v) is 21.8. The average molecular weight is 555 g/mol. The summed E-state index contributed by atoms with van der Waals surface area (Å²) in [6, 6.07) is 9.93. The quantitative estimate of drug-likeness (QED) is 0.0748. The lowest BCUT2D eigenvalue weighted by Crippen LogP contribution is -2.30. The Morgan fingerprint density at radius 1 is 1.00 bits per heavy atom. The second-order valence-electron chi connectivity index (χ2n) is 9.70. The number of aliphatic hydroxyl groups excluding tert-OH is 3. The number of unbranched alkanes of at least 4 members (excludes halogenated alkanes) is 1. The number of carbonyl (C=O) groups is 1. The molecule has 0 aliphatic heterocycles. The normalized spacial score (nSPS) is 21.6. The third kappa shape index (κ3) is 12.9. The van der Waals surface area contributed by atoms with E-state index in [2.05, 4.69) is 9.68 Å². The minimum atomic E-state index is -1.30. The van der Waals surface area contributed by atoms with Gasteiger partial charge in [0.1, 0.15) is 19.3 Å². The smallest absolute Gasteiger partial charge is 0.306 e. The van der Waals surface area contributed by atoms with Gasteiger partial charge in [-0.25, -0.2) is 0 Å². The van der Waals surface area contributed by atoms with Crippen LogP contribution in [-0.4, -0.2) is 69.1 Å². The van der Waals surface area contributed by atoms with Crippen molar-refractivity contribution in [2.45, 2.75) is 82.2 Å². The highest BCUT2D eigenvalue weighted by Gasteiger charge is 2.40. The van der Waals surface area contributed by atoms with Gasteiger partial charge in [-0.05, 0) is 68.8 Å². The number of hydrogen-bond donors (Lipinski definition) is 3. The van der Waals surface area contributed by atoms with Crippen LogP contribution in [-0.2, 0) is 25.6 Å². The van der Waals surface area contributed by atoms with E-state index in [1.165, 1.54) is 0 Å². The van der Waals surface area contributed by atoms with Crippen LogP contribution in [0.5, 0.6) is 0 Å². The zero-order chi connectivity index (χ0) is 28.6.